The number of nitrogens with one attached hydrogen (secondary N) is 1. The smallest absolute Gasteiger partial charge is 0.328 e. The largest absolute Gasteiger partial charge is 0.480 e. The average molecular weight is 221 g/mol. The van der Waals surface area contributed by atoms with Crippen LogP contribution < -0.4 is 5.32 Å². The molecule has 1 aromatic carbocycles. The Kier molecular flexibility index (Phi) is 4.07. The van der Waals surface area contributed by atoms with Gasteiger partial charge in [0.05, 0.1) is 0 Å². The minimum atomic E-state index is -0.990. The first-order chi connectivity index (χ1) is 7.55. The first-order valence-corrected chi connectivity index (χ1v) is 5.59. The molecule has 0 amide bonds. The van der Waals surface area contributed by atoms with Gasteiger partial charge in [0, 0.05) is 0 Å². The van der Waals surface area contributed by atoms with Crippen molar-refractivity contribution in [2.24, 2.45) is 5.92 Å². The average Bonchev–Trinajstić information content (AvgIpc) is 2.26. The van der Waals surface area contributed by atoms with Gasteiger partial charge in [-0.25, -0.2) is 4.79 Å². The van der Waals surface area contributed by atoms with Gasteiger partial charge >= 0.3 is 5.97 Å². The van der Waals surface area contributed by atoms with Gasteiger partial charge in [0.1, 0.15) is 5.54 Å². The fraction of sp³-hybridized carbons (Fsp3) is 0.462. The molecule has 1 rings (SSSR count). The van der Waals surface area contributed by atoms with Crippen molar-refractivity contribution in [2.45, 2.75) is 26.3 Å². The van der Waals surface area contributed by atoms with E-state index in [1.807, 2.05) is 51.1 Å². The number of carboxylic acid groups (broad SMARTS) is 1. The number of hydrogen-bond donors (Lipinski definition) is 2. The first kappa shape index (κ1) is 12.7. The molecule has 1 atom stereocenters. The Hall–Kier alpha value is -1.35. The van der Waals surface area contributed by atoms with Gasteiger partial charge in [-0.15, -0.1) is 0 Å². The predicted molar refractivity (Wildman–Crippen MR) is 64.3 cm³/mol. The van der Waals surface area contributed by atoms with Gasteiger partial charge in [0.15, 0.2) is 0 Å². The summed E-state index contributed by atoms with van der Waals surface area (Å²) in [6.07, 6.45) is 0. The summed E-state index contributed by atoms with van der Waals surface area (Å²) in [5, 5.41) is 12.6. The van der Waals surface area contributed by atoms with Crippen molar-refractivity contribution in [3.8, 4) is 0 Å². The molecule has 0 aromatic heterocycles. The van der Waals surface area contributed by atoms with Crippen LogP contribution in [0.3, 0.4) is 0 Å². The van der Waals surface area contributed by atoms with Gasteiger partial charge < -0.3 is 5.11 Å². The van der Waals surface area contributed by atoms with E-state index in [1.165, 1.54) is 0 Å². The second-order valence-corrected chi connectivity index (χ2v) is 4.16. The molecule has 0 aliphatic carbocycles. The van der Waals surface area contributed by atoms with Crippen LogP contribution >= 0.6 is 0 Å². The Morgan fingerprint density at radius 2 is 1.94 bits per heavy atom. The third kappa shape index (κ3) is 2.09. The molecule has 3 heteroatoms. The summed E-state index contributed by atoms with van der Waals surface area (Å²) in [5.41, 5.74) is -0.185. The number of benzene rings is 1. The lowest BCUT2D eigenvalue weighted by atomic mass is 9.80. The minimum Gasteiger partial charge on any atom is -0.480 e. The molecule has 0 heterocycles. The molecule has 0 bridgehead atoms. The Morgan fingerprint density at radius 1 is 1.38 bits per heavy atom. The molecule has 2 N–H and O–H groups in total. The van der Waals surface area contributed by atoms with Crippen molar-refractivity contribution in [1.82, 2.24) is 5.32 Å². The summed E-state index contributed by atoms with van der Waals surface area (Å²) in [4.78, 5) is 11.6. The maximum absolute atomic E-state index is 11.6. The lowest BCUT2D eigenvalue weighted by Gasteiger charge is -2.34. The van der Waals surface area contributed by atoms with Crippen molar-refractivity contribution in [3.05, 3.63) is 35.9 Å². The van der Waals surface area contributed by atoms with E-state index in [0.717, 1.165) is 5.56 Å². The Labute approximate surface area is 96.5 Å². The molecule has 1 unspecified atom stereocenters. The number of rotatable bonds is 5. The molecule has 0 radical (unpaired) electrons. The van der Waals surface area contributed by atoms with E-state index in [-0.39, 0.29) is 5.92 Å². The molecule has 0 saturated carbocycles. The van der Waals surface area contributed by atoms with Gasteiger partial charge in [0.25, 0.3) is 0 Å². The van der Waals surface area contributed by atoms with Crippen LogP contribution in [-0.4, -0.2) is 17.6 Å². The van der Waals surface area contributed by atoms with Crippen molar-refractivity contribution >= 4 is 5.97 Å². The standard InChI is InChI=1S/C13H19NO2/c1-4-14-13(10(2)3,12(15)16)11-8-6-5-7-9-11/h5-10,14H,4H2,1-3H3,(H,15,16). The van der Waals surface area contributed by atoms with Crippen LogP contribution in [0.15, 0.2) is 30.3 Å². The van der Waals surface area contributed by atoms with E-state index in [2.05, 4.69) is 5.32 Å². The van der Waals surface area contributed by atoms with Crippen molar-refractivity contribution in [1.29, 1.82) is 0 Å². The lowest BCUT2D eigenvalue weighted by molar-refractivity contribution is -0.147. The summed E-state index contributed by atoms with van der Waals surface area (Å²) in [6, 6.07) is 9.34. The molecule has 0 aliphatic rings. The second kappa shape index (κ2) is 5.12. The number of likely N-dealkylation sites (N-methyl/N-ethyl adjacent to an activating group) is 1. The zero-order valence-electron chi connectivity index (χ0n) is 10.0. The van der Waals surface area contributed by atoms with E-state index < -0.39 is 11.5 Å². The van der Waals surface area contributed by atoms with Crippen LogP contribution in [0, 0.1) is 5.92 Å². The summed E-state index contributed by atoms with van der Waals surface area (Å²) < 4.78 is 0. The fourth-order valence-electron chi connectivity index (χ4n) is 2.07. The highest BCUT2D eigenvalue weighted by molar-refractivity contribution is 5.81. The minimum absolute atomic E-state index is 0.0210. The van der Waals surface area contributed by atoms with E-state index in [9.17, 15) is 9.90 Å². The van der Waals surface area contributed by atoms with Crippen LogP contribution in [0.1, 0.15) is 26.3 Å². The molecule has 0 fully saturated rings. The third-order valence-electron chi connectivity index (χ3n) is 2.89. The highest BCUT2D eigenvalue weighted by Crippen LogP contribution is 2.29. The number of carbonyl (C=O) groups is 1. The summed E-state index contributed by atoms with van der Waals surface area (Å²) in [6.45, 7) is 6.38. The molecule has 0 saturated heterocycles. The quantitative estimate of drug-likeness (QED) is 0.801. The van der Waals surface area contributed by atoms with Crippen LogP contribution in [-0.2, 0) is 10.3 Å². The zero-order chi connectivity index (χ0) is 12.2. The lowest BCUT2D eigenvalue weighted by Crippen LogP contribution is -2.53. The van der Waals surface area contributed by atoms with E-state index >= 15 is 0 Å². The Bertz CT molecular complexity index is 348. The van der Waals surface area contributed by atoms with Crippen molar-refractivity contribution < 1.29 is 9.90 Å². The van der Waals surface area contributed by atoms with Gasteiger partial charge in [-0.3, -0.25) is 5.32 Å². The Balaban J connectivity index is 3.27. The van der Waals surface area contributed by atoms with Crippen molar-refractivity contribution in [2.75, 3.05) is 6.54 Å². The SMILES string of the molecule is CCNC(C(=O)O)(c1ccccc1)C(C)C. The van der Waals surface area contributed by atoms with E-state index in [4.69, 9.17) is 0 Å². The van der Waals surface area contributed by atoms with E-state index in [0.29, 0.717) is 6.54 Å². The second-order valence-electron chi connectivity index (χ2n) is 4.16. The molecule has 1 aromatic rings. The predicted octanol–water partition coefficient (Wildman–Crippen LogP) is 2.23. The molecule has 3 nitrogen and oxygen atoms in total. The first-order valence-electron chi connectivity index (χ1n) is 5.59. The molecular weight excluding hydrogens is 202 g/mol. The summed E-state index contributed by atoms with van der Waals surface area (Å²) in [5.74, 6) is -0.845. The molecule has 0 aliphatic heterocycles. The molecule has 0 spiro atoms. The maximum Gasteiger partial charge on any atom is 0.328 e. The monoisotopic (exact) mass is 221 g/mol. The maximum atomic E-state index is 11.6. The van der Waals surface area contributed by atoms with Crippen LogP contribution in [0.5, 0.6) is 0 Å². The molecular formula is C13H19NO2. The highest BCUT2D eigenvalue weighted by atomic mass is 16.4. The highest BCUT2D eigenvalue weighted by Gasteiger charge is 2.42. The van der Waals surface area contributed by atoms with Crippen LogP contribution in [0.25, 0.3) is 0 Å². The molecule has 88 valence electrons. The third-order valence-corrected chi connectivity index (χ3v) is 2.89. The van der Waals surface area contributed by atoms with Gasteiger partial charge in [-0.05, 0) is 18.0 Å². The zero-order valence-corrected chi connectivity index (χ0v) is 10.0. The normalized spacial score (nSPS) is 14.8. The summed E-state index contributed by atoms with van der Waals surface area (Å²) in [7, 11) is 0. The Morgan fingerprint density at radius 3 is 2.31 bits per heavy atom. The number of carboxylic acids is 1. The van der Waals surface area contributed by atoms with E-state index in [1.54, 1.807) is 0 Å². The van der Waals surface area contributed by atoms with Gasteiger partial charge in [0.2, 0.25) is 0 Å². The van der Waals surface area contributed by atoms with Gasteiger partial charge in [-0.2, -0.15) is 0 Å². The van der Waals surface area contributed by atoms with Crippen LogP contribution in [0.2, 0.25) is 0 Å². The van der Waals surface area contributed by atoms with Crippen LogP contribution in [0.4, 0.5) is 0 Å². The number of hydrogen-bond acceptors (Lipinski definition) is 2. The van der Waals surface area contributed by atoms with Crippen molar-refractivity contribution in [3.63, 3.8) is 0 Å². The fourth-order valence-corrected chi connectivity index (χ4v) is 2.07. The summed E-state index contributed by atoms with van der Waals surface area (Å²) >= 11 is 0. The van der Waals surface area contributed by atoms with Gasteiger partial charge in [-0.1, -0.05) is 51.1 Å². The molecule has 16 heavy (non-hydrogen) atoms. The topological polar surface area (TPSA) is 49.3 Å². The number of aliphatic carboxylic acids is 1.